The van der Waals surface area contributed by atoms with E-state index >= 15 is 0 Å². The van der Waals surface area contributed by atoms with E-state index in [1.165, 1.54) is 0 Å². The van der Waals surface area contributed by atoms with E-state index in [2.05, 4.69) is 4.98 Å². The second kappa shape index (κ2) is 6.17. The molecule has 0 amide bonds. The van der Waals surface area contributed by atoms with Gasteiger partial charge in [-0.2, -0.15) is 5.26 Å². The number of carboxylic acid groups (broad SMARTS) is 1. The van der Waals surface area contributed by atoms with Gasteiger partial charge in [0.15, 0.2) is 5.69 Å². The van der Waals surface area contributed by atoms with E-state index in [9.17, 15) is 30.1 Å². The molecule has 2 rings (SSSR count). The monoisotopic (exact) mass is 329 g/mol. The highest BCUT2D eigenvalue weighted by Gasteiger charge is 2.49. The molecule has 0 aliphatic rings. The number of nitrogens with two attached hydrogens (primary N) is 1. The number of carboxylic acids is 1. The third-order valence-corrected chi connectivity index (χ3v) is 3.37. The summed E-state index contributed by atoms with van der Waals surface area (Å²) < 4.78 is 0. The molecule has 10 heteroatoms. The number of benzene rings is 1. The van der Waals surface area contributed by atoms with Crippen LogP contribution in [0.3, 0.4) is 0 Å². The molecule has 10 nitrogen and oxygen atoms in total. The van der Waals surface area contributed by atoms with Crippen molar-refractivity contribution >= 4 is 17.6 Å². The SMILES string of the molecule is N#CC(Cc1ccccc1)(C(=O)O)c1nc(N)[nH]c(=O)c1[N+](=O)[O-]. The Bertz CT molecular complexity index is 902. The van der Waals surface area contributed by atoms with Crippen LogP contribution in [0.25, 0.3) is 0 Å². The Hall–Kier alpha value is -3.74. The molecule has 0 bridgehead atoms. The number of aromatic amines is 1. The molecule has 0 fully saturated rings. The van der Waals surface area contributed by atoms with Gasteiger partial charge in [-0.05, 0) is 5.56 Å². The number of carbonyl (C=O) groups is 1. The molecule has 1 aromatic carbocycles. The number of nitriles is 1. The van der Waals surface area contributed by atoms with Crippen LogP contribution in [-0.4, -0.2) is 26.0 Å². The Morgan fingerprint density at radius 3 is 2.58 bits per heavy atom. The third-order valence-electron chi connectivity index (χ3n) is 3.37. The average Bonchev–Trinajstić information content (AvgIpc) is 2.52. The number of hydrogen-bond acceptors (Lipinski definition) is 7. The summed E-state index contributed by atoms with van der Waals surface area (Å²) in [6, 6.07) is 9.58. The lowest BCUT2D eigenvalue weighted by Gasteiger charge is -2.21. The topological polar surface area (TPSA) is 176 Å². The van der Waals surface area contributed by atoms with Crippen LogP contribution in [0.1, 0.15) is 11.3 Å². The molecule has 1 aromatic heterocycles. The summed E-state index contributed by atoms with van der Waals surface area (Å²) in [7, 11) is 0. The van der Waals surface area contributed by atoms with Crippen molar-refractivity contribution in [3.05, 3.63) is 62.1 Å². The number of nitrogens with zero attached hydrogens (tertiary/aromatic N) is 3. The standard InChI is InChI=1S/C14H11N5O5/c15-7-14(12(21)22,6-8-4-2-1-3-5-8)10-9(19(23)24)11(20)18-13(16)17-10/h1-5H,6H2,(H,21,22)(H3,16,17,18,20). The predicted octanol–water partition coefficient (Wildman–Crippen LogP) is 0.349. The second-order valence-electron chi connectivity index (χ2n) is 4.89. The van der Waals surface area contributed by atoms with Crippen LogP contribution in [0.5, 0.6) is 0 Å². The van der Waals surface area contributed by atoms with Gasteiger partial charge in [0, 0.05) is 6.42 Å². The molecular weight excluding hydrogens is 318 g/mol. The zero-order valence-electron chi connectivity index (χ0n) is 12.1. The summed E-state index contributed by atoms with van der Waals surface area (Å²) in [5, 5.41) is 30.3. The van der Waals surface area contributed by atoms with Gasteiger partial charge in [-0.15, -0.1) is 0 Å². The molecule has 1 heterocycles. The first-order chi connectivity index (χ1) is 11.3. The molecule has 0 aliphatic heterocycles. The fraction of sp³-hybridized carbons (Fsp3) is 0.143. The summed E-state index contributed by atoms with van der Waals surface area (Å²) in [6.07, 6.45) is -0.420. The first kappa shape index (κ1) is 16.6. The van der Waals surface area contributed by atoms with Gasteiger partial charge in [0.25, 0.3) is 0 Å². The normalized spacial score (nSPS) is 12.8. The van der Waals surface area contributed by atoms with Gasteiger partial charge in [-0.3, -0.25) is 24.7 Å². The highest BCUT2D eigenvalue weighted by molar-refractivity contribution is 5.86. The largest absolute Gasteiger partial charge is 0.480 e. The summed E-state index contributed by atoms with van der Waals surface area (Å²) in [4.78, 5) is 39.3. The minimum atomic E-state index is -2.44. The van der Waals surface area contributed by atoms with E-state index < -0.39 is 45.6 Å². The van der Waals surface area contributed by atoms with Crippen LogP contribution in [0.4, 0.5) is 11.6 Å². The van der Waals surface area contributed by atoms with E-state index in [4.69, 9.17) is 5.73 Å². The number of nitrogen functional groups attached to an aromatic ring is 1. The number of anilines is 1. The minimum Gasteiger partial charge on any atom is -0.480 e. The van der Waals surface area contributed by atoms with Crippen molar-refractivity contribution in [2.24, 2.45) is 0 Å². The maximum atomic E-state index is 11.8. The van der Waals surface area contributed by atoms with Crippen LogP contribution in [-0.2, 0) is 16.6 Å². The van der Waals surface area contributed by atoms with Gasteiger partial charge >= 0.3 is 17.2 Å². The van der Waals surface area contributed by atoms with Gasteiger partial charge in [0.05, 0.1) is 11.0 Å². The molecule has 1 atom stereocenters. The molecule has 2 aromatic rings. The van der Waals surface area contributed by atoms with Crippen LogP contribution in [0.2, 0.25) is 0 Å². The fourth-order valence-corrected chi connectivity index (χ4v) is 2.25. The average molecular weight is 329 g/mol. The van der Waals surface area contributed by atoms with E-state index in [1.807, 2.05) is 4.98 Å². The van der Waals surface area contributed by atoms with Gasteiger partial charge in [0.1, 0.15) is 0 Å². The maximum Gasteiger partial charge on any atom is 0.357 e. The second-order valence-corrected chi connectivity index (χ2v) is 4.89. The number of rotatable bonds is 5. The number of H-pyrrole nitrogens is 1. The van der Waals surface area contributed by atoms with E-state index in [0.29, 0.717) is 5.56 Å². The van der Waals surface area contributed by atoms with Crippen molar-refractivity contribution in [2.75, 3.05) is 5.73 Å². The zero-order chi connectivity index (χ0) is 17.9. The molecule has 122 valence electrons. The van der Waals surface area contributed by atoms with Crippen molar-refractivity contribution < 1.29 is 14.8 Å². The number of hydrogen-bond donors (Lipinski definition) is 3. The Balaban J connectivity index is 2.79. The molecule has 0 radical (unpaired) electrons. The van der Waals surface area contributed by atoms with Crippen LogP contribution in [0, 0.1) is 21.4 Å². The maximum absolute atomic E-state index is 11.8. The van der Waals surface area contributed by atoms with E-state index in [0.717, 1.165) is 0 Å². The number of nitro groups is 1. The zero-order valence-corrected chi connectivity index (χ0v) is 12.1. The van der Waals surface area contributed by atoms with Gasteiger partial charge in [-0.25, -0.2) is 4.98 Å². The molecule has 0 saturated carbocycles. The Kier molecular flexibility index (Phi) is 4.28. The third kappa shape index (κ3) is 2.78. The fourth-order valence-electron chi connectivity index (χ4n) is 2.25. The Morgan fingerprint density at radius 1 is 1.46 bits per heavy atom. The van der Waals surface area contributed by atoms with Crippen molar-refractivity contribution in [3.63, 3.8) is 0 Å². The Labute approximate surface area is 134 Å². The molecule has 1 unspecified atom stereocenters. The highest BCUT2D eigenvalue weighted by atomic mass is 16.6. The predicted molar refractivity (Wildman–Crippen MR) is 81.0 cm³/mol. The molecule has 0 aliphatic carbocycles. The van der Waals surface area contributed by atoms with Crippen LogP contribution in [0.15, 0.2) is 35.1 Å². The quantitative estimate of drug-likeness (QED) is 0.519. The lowest BCUT2D eigenvalue weighted by atomic mass is 9.79. The molecule has 0 spiro atoms. The van der Waals surface area contributed by atoms with Gasteiger partial charge in [-0.1, -0.05) is 30.3 Å². The first-order valence-corrected chi connectivity index (χ1v) is 6.55. The summed E-state index contributed by atoms with van der Waals surface area (Å²) in [5.74, 6) is -2.19. The molecular formula is C14H11N5O5. The smallest absolute Gasteiger partial charge is 0.357 e. The van der Waals surface area contributed by atoms with Gasteiger partial charge < -0.3 is 10.8 Å². The summed E-state index contributed by atoms with van der Waals surface area (Å²) >= 11 is 0. The summed E-state index contributed by atoms with van der Waals surface area (Å²) in [5.41, 5.74) is 0.225. The van der Waals surface area contributed by atoms with Crippen LogP contribution >= 0.6 is 0 Å². The first-order valence-electron chi connectivity index (χ1n) is 6.55. The molecule has 4 N–H and O–H groups in total. The number of aromatic nitrogens is 2. The van der Waals surface area contributed by atoms with Crippen molar-refractivity contribution in [3.8, 4) is 6.07 Å². The summed E-state index contributed by atoms with van der Waals surface area (Å²) in [6.45, 7) is 0. The minimum absolute atomic E-state index is 0.420. The van der Waals surface area contributed by atoms with Crippen molar-refractivity contribution in [1.29, 1.82) is 5.26 Å². The lowest BCUT2D eigenvalue weighted by Crippen LogP contribution is -2.40. The lowest BCUT2D eigenvalue weighted by molar-refractivity contribution is -0.387. The Morgan fingerprint density at radius 2 is 2.08 bits per heavy atom. The number of nitrogens with one attached hydrogen (secondary N) is 1. The number of aliphatic carboxylic acids is 1. The highest BCUT2D eigenvalue weighted by Crippen LogP contribution is 2.32. The molecule has 0 saturated heterocycles. The molecule has 24 heavy (non-hydrogen) atoms. The van der Waals surface area contributed by atoms with Gasteiger partial charge in [0.2, 0.25) is 11.4 Å². The van der Waals surface area contributed by atoms with Crippen molar-refractivity contribution in [1.82, 2.24) is 9.97 Å². The van der Waals surface area contributed by atoms with E-state index in [-0.39, 0.29) is 0 Å². The van der Waals surface area contributed by atoms with Crippen LogP contribution < -0.4 is 11.3 Å². The van der Waals surface area contributed by atoms with E-state index in [1.54, 1.807) is 36.4 Å². The van der Waals surface area contributed by atoms with Crippen molar-refractivity contribution in [2.45, 2.75) is 11.8 Å².